The molecule has 88 heavy (non-hydrogen) atoms. The van der Waals surface area contributed by atoms with Gasteiger partial charge in [0.15, 0.2) is 23.1 Å². The molecular formula is C72H98N12O4. The van der Waals surface area contributed by atoms with Crippen LogP contribution in [-0.4, -0.2) is 75.2 Å². The van der Waals surface area contributed by atoms with Gasteiger partial charge in [-0.2, -0.15) is 29.9 Å². The highest BCUT2D eigenvalue weighted by Gasteiger charge is 2.40. The van der Waals surface area contributed by atoms with E-state index in [1.165, 1.54) is 0 Å². The molecule has 2 heterocycles. The number of ketones is 4. The summed E-state index contributed by atoms with van der Waals surface area (Å²) in [7, 11) is 0. The molecule has 470 valence electrons. The maximum Gasteiger partial charge on any atom is 0.233 e. The Bertz CT molecular complexity index is 3530. The molecule has 0 aliphatic heterocycles. The zero-order valence-corrected chi connectivity index (χ0v) is 56.3. The molecule has 0 unspecified atom stereocenters. The van der Waals surface area contributed by atoms with Crippen LogP contribution in [0.1, 0.15) is 266 Å². The topological polar surface area (TPSA) is 218 Å². The Hall–Kier alpha value is -7.62. The normalized spacial score (nSPS) is 14.0. The van der Waals surface area contributed by atoms with Crippen molar-refractivity contribution in [3.05, 3.63) is 117 Å². The maximum atomic E-state index is 15.4. The zero-order chi connectivity index (χ0) is 64.7. The summed E-state index contributed by atoms with van der Waals surface area (Å²) in [5.41, 5.74) is 1.06. The largest absolute Gasteiger partial charge is 0.349 e. The highest BCUT2D eigenvalue weighted by Crippen LogP contribution is 2.45. The van der Waals surface area contributed by atoms with Gasteiger partial charge in [0.05, 0.1) is 22.5 Å². The molecule has 2 aromatic heterocycles. The van der Waals surface area contributed by atoms with Crippen molar-refractivity contribution < 1.29 is 19.2 Å². The molecular weight excluding hydrogens is 1100 g/mol. The Kier molecular flexibility index (Phi) is 18.7. The van der Waals surface area contributed by atoms with Crippen LogP contribution in [0.4, 0.5) is 47.1 Å². The standard InChI is InChI=1S/C72H98N12O4/c1-21-67(9,10)37-41-71(17,18)83-63-77-60(78-64(80-63)84-72(19,20)42-38-68(11,12)22-2)74-50-34-32-44(52-54(50)58(88)48-30-26-24-28-46(48)56(52)86)43-31-33-49(53-51(43)55(85)45-27-23-25-29-47(45)57(53)87)73-59-75-61(81-69(13,14)39-35-65(3,4)5)79-62(76-59)82-70(15,16)40-36-66(6,7)8/h23-34H,21-22,35-42H2,1-20H3,(H3,73,75,76,79,81,82)(H3,74,77,78,80,83,84). The highest BCUT2D eigenvalue weighted by molar-refractivity contribution is 6.35. The predicted molar refractivity (Wildman–Crippen MR) is 360 cm³/mol. The Morgan fingerprint density at radius 3 is 0.807 bits per heavy atom. The molecule has 0 radical (unpaired) electrons. The number of carbonyl (C=O) groups excluding carboxylic acids is 4. The van der Waals surface area contributed by atoms with Gasteiger partial charge in [-0.3, -0.25) is 19.2 Å². The van der Waals surface area contributed by atoms with Crippen molar-refractivity contribution in [2.45, 2.75) is 225 Å². The van der Waals surface area contributed by atoms with Crippen molar-refractivity contribution in [3.8, 4) is 11.1 Å². The average Bonchev–Trinajstić information content (AvgIpc) is 0.766. The van der Waals surface area contributed by atoms with Crippen LogP contribution in [0, 0.1) is 21.7 Å². The fourth-order valence-corrected chi connectivity index (χ4v) is 10.9. The van der Waals surface area contributed by atoms with Crippen LogP contribution in [0.25, 0.3) is 11.1 Å². The van der Waals surface area contributed by atoms with E-state index in [2.05, 4.69) is 170 Å². The van der Waals surface area contributed by atoms with E-state index >= 15 is 19.2 Å². The molecule has 0 saturated carbocycles. The van der Waals surface area contributed by atoms with E-state index in [1.54, 1.807) is 72.8 Å². The lowest BCUT2D eigenvalue weighted by molar-refractivity contribution is 0.0978. The number of nitrogens with one attached hydrogen (secondary N) is 6. The molecule has 16 nitrogen and oxygen atoms in total. The molecule has 16 heteroatoms. The molecule has 8 rings (SSSR count). The monoisotopic (exact) mass is 1190 g/mol. The highest BCUT2D eigenvalue weighted by atomic mass is 16.1. The molecule has 2 aliphatic rings. The van der Waals surface area contributed by atoms with Crippen LogP contribution in [-0.2, 0) is 0 Å². The van der Waals surface area contributed by atoms with Gasteiger partial charge < -0.3 is 31.9 Å². The summed E-state index contributed by atoms with van der Waals surface area (Å²) in [5, 5.41) is 21.2. The molecule has 4 aromatic carbocycles. The molecule has 2 aliphatic carbocycles. The van der Waals surface area contributed by atoms with Gasteiger partial charge in [-0.1, -0.05) is 157 Å². The van der Waals surface area contributed by atoms with Crippen molar-refractivity contribution in [1.29, 1.82) is 0 Å². The zero-order valence-electron chi connectivity index (χ0n) is 56.3. The van der Waals surface area contributed by atoms with Crippen molar-refractivity contribution in [1.82, 2.24) is 29.9 Å². The quantitative estimate of drug-likeness (QED) is 0.0314. The van der Waals surface area contributed by atoms with Crippen LogP contribution < -0.4 is 31.9 Å². The Morgan fingerprint density at radius 2 is 0.545 bits per heavy atom. The Labute approximate surface area is 523 Å². The van der Waals surface area contributed by atoms with E-state index < -0.39 is 45.3 Å². The van der Waals surface area contributed by atoms with Gasteiger partial charge in [0.1, 0.15) is 0 Å². The molecule has 0 bridgehead atoms. The van der Waals surface area contributed by atoms with E-state index in [0.29, 0.717) is 34.9 Å². The van der Waals surface area contributed by atoms with E-state index in [9.17, 15) is 0 Å². The molecule has 0 atom stereocenters. The summed E-state index contributed by atoms with van der Waals surface area (Å²) in [6.07, 6.45) is 9.26. The average molecular weight is 1200 g/mol. The number of aromatic nitrogens is 6. The minimum Gasteiger partial charge on any atom is -0.349 e. The van der Waals surface area contributed by atoms with Gasteiger partial charge in [-0.05, 0) is 152 Å². The van der Waals surface area contributed by atoms with Gasteiger partial charge >= 0.3 is 0 Å². The first-order chi connectivity index (χ1) is 40.8. The van der Waals surface area contributed by atoms with Crippen molar-refractivity contribution in [2.24, 2.45) is 21.7 Å². The number of nitrogens with zero attached hydrogens (tertiary/aromatic N) is 6. The fraction of sp³-hybridized carbons (Fsp3) is 0.528. The van der Waals surface area contributed by atoms with Crippen LogP contribution in [0.5, 0.6) is 0 Å². The molecule has 0 fully saturated rings. The summed E-state index contributed by atoms with van der Waals surface area (Å²) in [5.74, 6) is -0.0619. The van der Waals surface area contributed by atoms with Crippen molar-refractivity contribution >= 4 is 70.2 Å². The van der Waals surface area contributed by atoms with E-state index in [-0.39, 0.29) is 89.4 Å². The van der Waals surface area contributed by atoms with Gasteiger partial charge in [-0.25, -0.2) is 0 Å². The van der Waals surface area contributed by atoms with Gasteiger partial charge in [0.25, 0.3) is 0 Å². The van der Waals surface area contributed by atoms with Crippen LogP contribution in [0.15, 0.2) is 72.8 Å². The first kappa shape index (κ1) is 66.3. The molecule has 0 spiro atoms. The minimum atomic E-state index is -0.427. The van der Waals surface area contributed by atoms with Gasteiger partial charge in [0, 0.05) is 55.5 Å². The number of hydrogen-bond acceptors (Lipinski definition) is 16. The van der Waals surface area contributed by atoms with Crippen molar-refractivity contribution in [3.63, 3.8) is 0 Å². The summed E-state index contributed by atoms with van der Waals surface area (Å²) >= 11 is 0. The number of fused-ring (bicyclic) bond motifs is 4. The molecule has 0 amide bonds. The fourth-order valence-electron chi connectivity index (χ4n) is 10.9. The second-order valence-electron chi connectivity index (χ2n) is 31.3. The summed E-state index contributed by atoms with van der Waals surface area (Å²) in [4.78, 5) is 91.0. The molecule has 6 aromatic rings. The Balaban J connectivity index is 1.28. The number of hydrogen-bond donors (Lipinski definition) is 6. The lowest BCUT2D eigenvalue weighted by Gasteiger charge is -2.33. The third-order valence-electron chi connectivity index (χ3n) is 17.8. The second-order valence-corrected chi connectivity index (χ2v) is 31.3. The van der Waals surface area contributed by atoms with Gasteiger partial charge in [0.2, 0.25) is 35.7 Å². The SMILES string of the molecule is CCC(C)(C)CCC(C)(C)Nc1nc(Nc2ccc(-c3ccc(Nc4nc(NC(C)(C)CCC(C)(C)C)nc(NC(C)(C)CCC(C)(C)C)n4)c4c3C(=O)c3ccccc3C4=O)c3c2C(=O)c2ccccc2C3=O)nc(NC(C)(C)CCC(C)(C)CC)n1. The van der Waals surface area contributed by atoms with E-state index in [0.717, 1.165) is 64.2 Å². The van der Waals surface area contributed by atoms with E-state index in [4.69, 9.17) is 29.9 Å². The van der Waals surface area contributed by atoms with Crippen LogP contribution >= 0.6 is 0 Å². The predicted octanol–water partition coefficient (Wildman–Crippen LogP) is 17.6. The third-order valence-corrected chi connectivity index (χ3v) is 17.8. The number of carbonyl (C=O) groups is 4. The summed E-state index contributed by atoms with van der Waals surface area (Å²) in [6.45, 7) is 43.9. The van der Waals surface area contributed by atoms with Crippen molar-refractivity contribution in [2.75, 3.05) is 31.9 Å². The number of rotatable bonds is 25. The Morgan fingerprint density at radius 1 is 0.295 bits per heavy atom. The lowest BCUT2D eigenvalue weighted by Crippen LogP contribution is -2.35. The lowest BCUT2D eigenvalue weighted by atomic mass is 9.75. The smallest absolute Gasteiger partial charge is 0.233 e. The molecule has 6 N–H and O–H groups in total. The first-order valence-corrected chi connectivity index (χ1v) is 31.7. The third kappa shape index (κ3) is 16.2. The number of anilines is 8. The van der Waals surface area contributed by atoms with Crippen LogP contribution in [0.3, 0.4) is 0 Å². The first-order valence-electron chi connectivity index (χ1n) is 31.7. The number of benzene rings is 4. The maximum absolute atomic E-state index is 15.4. The second kappa shape index (κ2) is 24.7. The summed E-state index contributed by atoms with van der Waals surface area (Å²) < 4.78 is 0. The van der Waals surface area contributed by atoms with Gasteiger partial charge in [-0.15, -0.1) is 0 Å². The minimum absolute atomic E-state index is 0.0619. The molecule has 0 saturated heterocycles. The summed E-state index contributed by atoms with van der Waals surface area (Å²) in [6, 6.07) is 20.4. The van der Waals surface area contributed by atoms with Crippen LogP contribution in [0.2, 0.25) is 0 Å². The van der Waals surface area contributed by atoms with E-state index in [1.807, 2.05) is 0 Å².